The second-order valence-electron chi connectivity index (χ2n) is 6.30. The summed E-state index contributed by atoms with van der Waals surface area (Å²) in [6.45, 7) is 3.36. The van der Waals surface area contributed by atoms with Crippen molar-refractivity contribution in [3.05, 3.63) is 35.4 Å². The van der Waals surface area contributed by atoms with Crippen molar-refractivity contribution >= 4 is 0 Å². The van der Waals surface area contributed by atoms with Gasteiger partial charge in [-0.15, -0.1) is 0 Å². The van der Waals surface area contributed by atoms with Crippen LogP contribution in [0.15, 0.2) is 24.3 Å². The Bertz CT molecular complexity index is 417. The monoisotopic (exact) mass is 258 g/mol. The quantitative estimate of drug-likeness (QED) is 0.893. The van der Waals surface area contributed by atoms with Gasteiger partial charge in [0, 0.05) is 24.7 Å². The maximum absolute atomic E-state index is 3.73. The van der Waals surface area contributed by atoms with Crippen LogP contribution >= 0.6 is 0 Å². The average Bonchev–Trinajstić information content (AvgIpc) is 2.78. The van der Waals surface area contributed by atoms with Gasteiger partial charge < -0.3 is 5.32 Å². The largest absolute Gasteiger partial charge is 0.311 e. The van der Waals surface area contributed by atoms with Crippen molar-refractivity contribution in [3.63, 3.8) is 0 Å². The topological polar surface area (TPSA) is 15.3 Å². The number of hydrogen-bond donors (Lipinski definition) is 1. The Hall–Kier alpha value is -0.860. The van der Waals surface area contributed by atoms with Gasteiger partial charge in [-0.2, -0.15) is 0 Å². The van der Waals surface area contributed by atoms with Crippen LogP contribution in [0.4, 0.5) is 0 Å². The lowest BCUT2D eigenvalue weighted by molar-refractivity contribution is 0.165. The highest BCUT2D eigenvalue weighted by atomic mass is 15.2. The molecule has 2 nitrogen and oxygen atoms in total. The zero-order chi connectivity index (χ0) is 13.2. The van der Waals surface area contributed by atoms with Gasteiger partial charge in [0.1, 0.15) is 0 Å². The van der Waals surface area contributed by atoms with Gasteiger partial charge in [0.2, 0.25) is 0 Å². The van der Waals surface area contributed by atoms with Gasteiger partial charge in [0.15, 0.2) is 0 Å². The molecule has 0 radical (unpaired) electrons. The lowest BCUT2D eigenvalue weighted by Crippen LogP contribution is -2.46. The average molecular weight is 258 g/mol. The Morgan fingerprint density at radius 3 is 2.37 bits per heavy atom. The fraction of sp³-hybridized carbons (Fsp3) is 0.647. The molecule has 0 aliphatic carbocycles. The number of aryl methyl sites for hydroxylation is 1. The van der Waals surface area contributed by atoms with E-state index in [2.05, 4.69) is 48.5 Å². The van der Waals surface area contributed by atoms with E-state index in [0.29, 0.717) is 0 Å². The molecule has 0 amide bonds. The summed E-state index contributed by atoms with van der Waals surface area (Å²) in [6, 6.07) is 11.2. The number of hydrogen-bond acceptors (Lipinski definition) is 2. The minimum atomic E-state index is 0.767. The number of rotatable bonds is 4. The van der Waals surface area contributed by atoms with E-state index in [1.54, 1.807) is 0 Å². The summed E-state index contributed by atoms with van der Waals surface area (Å²) >= 11 is 0. The molecule has 2 unspecified atom stereocenters. The predicted octanol–water partition coefficient (Wildman–Crippen LogP) is 2.96. The molecule has 2 heteroatoms. The fourth-order valence-corrected chi connectivity index (χ4v) is 3.84. The normalized spacial score (nSPS) is 29.9. The minimum absolute atomic E-state index is 0.767. The molecule has 2 aliphatic heterocycles. The molecule has 2 saturated heterocycles. The Kier molecular flexibility index (Phi) is 3.90. The second kappa shape index (κ2) is 5.64. The lowest BCUT2D eigenvalue weighted by Gasteiger charge is -2.36. The van der Waals surface area contributed by atoms with Crippen molar-refractivity contribution in [3.8, 4) is 0 Å². The summed E-state index contributed by atoms with van der Waals surface area (Å²) in [6.07, 6.45) is 6.59. The third kappa shape index (κ3) is 2.85. The predicted molar refractivity (Wildman–Crippen MR) is 80.3 cm³/mol. The first-order valence-electron chi connectivity index (χ1n) is 7.79. The van der Waals surface area contributed by atoms with E-state index < -0.39 is 0 Å². The van der Waals surface area contributed by atoms with Gasteiger partial charge in [-0.05, 0) is 50.3 Å². The first-order valence-corrected chi connectivity index (χ1v) is 7.79. The Balaban J connectivity index is 1.66. The van der Waals surface area contributed by atoms with Crippen molar-refractivity contribution in [1.29, 1.82) is 0 Å². The van der Waals surface area contributed by atoms with E-state index >= 15 is 0 Å². The molecule has 0 spiro atoms. The van der Waals surface area contributed by atoms with Crippen molar-refractivity contribution in [2.75, 3.05) is 7.05 Å². The number of piperidine rings is 1. The van der Waals surface area contributed by atoms with E-state index in [-0.39, 0.29) is 0 Å². The molecule has 2 fully saturated rings. The summed E-state index contributed by atoms with van der Waals surface area (Å²) in [5, 5.41) is 3.73. The van der Waals surface area contributed by atoms with Crippen LogP contribution in [0.1, 0.15) is 43.7 Å². The number of fused-ring (bicyclic) bond motifs is 2. The molecule has 1 N–H and O–H groups in total. The molecular weight excluding hydrogens is 232 g/mol. The molecular formula is C17H26N2. The van der Waals surface area contributed by atoms with Gasteiger partial charge in [-0.25, -0.2) is 0 Å². The number of nitrogens with zero attached hydrogens (tertiary/aromatic N) is 1. The third-order valence-electron chi connectivity index (χ3n) is 4.99. The van der Waals surface area contributed by atoms with Gasteiger partial charge in [0.05, 0.1) is 0 Å². The van der Waals surface area contributed by atoms with E-state index in [4.69, 9.17) is 0 Å². The third-order valence-corrected chi connectivity index (χ3v) is 4.99. The molecule has 104 valence electrons. The van der Waals surface area contributed by atoms with Crippen molar-refractivity contribution in [2.45, 2.75) is 63.7 Å². The van der Waals surface area contributed by atoms with Crippen LogP contribution in [0.5, 0.6) is 0 Å². The Labute approximate surface area is 117 Å². The maximum Gasteiger partial charge on any atom is 0.0236 e. The van der Waals surface area contributed by atoms with Crippen molar-refractivity contribution < 1.29 is 0 Å². The molecule has 19 heavy (non-hydrogen) atoms. The SMILES string of the molecule is CCc1ccccc1CN(C)C1CC2CCC(C1)N2. The molecule has 3 rings (SSSR count). The van der Waals surface area contributed by atoms with Gasteiger partial charge in [-0.1, -0.05) is 31.2 Å². The van der Waals surface area contributed by atoms with Crippen LogP contribution in [-0.4, -0.2) is 30.1 Å². The standard InChI is InChI=1S/C17H26N2/c1-3-13-6-4-5-7-14(13)12-19(2)17-10-15-8-9-16(11-17)18-15/h4-7,15-18H,3,8-12H2,1-2H3. The zero-order valence-electron chi connectivity index (χ0n) is 12.2. The number of nitrogens with one attached hydrogen (secondary N) is 1. The molecule has 2 aliphatic rings. The summed E-state index contributed by atoms with van der Waals surface area (Å²) in [5.74, 6) is 0. The van der Waals surface area contributed by atoms with Crippen LogP contribution in [0.2, 0.25) is 0 Å². The fourth-order valence-electron chi connectivity index (χ4n) is 3.84. The molecule has 1 aromatic rings. The minimum Gasteiger partial charge on any atom is -0.311 e. The molecule has 1 aromatic carbocycles. The maximum atomic E-state index is 3.73. The van der Waals surface area contributed by atoms with E-state index in [1.165, 1.54) is 36.8 Å². The Morgan fingerprint density at radius 1 is 1.11 bits per heavy atom. The molecule has 2 bridgehead atoms. The molecule has 0 aromatic heterocycles. The van der Waals surface area contributed by atoms with E-state index in [1.807, 2.05) is 0 Å². The van der Waals surface area contributed by atoms with E-state index in [9.17, 15) is 0 Å². The Morgan fingerprint density at radius 2 is 1.74 bits per heavy atom. The molecule has 0 saturated carbocycles. The summed E-state index contributed by atoms with van der Waals surface area (Å²) in [7, 11) is 2.31. The molecule has 2 atom stereocenters. The first-order chi connectivity index (χ1) is 9.26. The van der Waals surface area contributed by atoms with Gasteiger partial charge in [-0.3, -0.25) is 4.90 Å². The van der Waals surface area contributed by atoms with Crippen LogP contribution < -0.4 is 5.32 Å². The van der Waals surface area contributed by atoms with Crippen molar-refractivity contribution in [1.82, 2.24) is 10.2 Å². The van der Waals surface area contributed by atoms with Crippen LogP contribution in [0.3, 0.4) is 0 Å². The summed E-state index contributed by atoms with van der Waals surface area (Å²) in [5.41, 5.74) is 3.02. The van der Waals surface area contributed by atoms with Gasteiger partial charge >= 0.3 is 0 Å². The first kappa shape index (κ1) is 13.1. The smallest absolute Gasteiger partial charge is 0.0236 e. The molecule has 2 heterocycles. The van der Waals surface area contributed by atoms with Crippen LogP contribution in [0.25, 0.3) is 0 Å². The highest BCUT2D eigenvalue weighted by Gasteiger charge is 2.34. The summed E-state index contributed by atoms with van der Waals surface area (Å²) < 4.78 is 0. The van der Waals surface area contributed by atoms with E-state index in [0.717, 1.165) is 31.1 Å². The van der Waals surface area contributed by atoms with Gasteiger partial charge in [0.25, 0.3) is 0 Å². The second-order valence-corrected chi connectivity index (χ2v) is 6.30. The number of benzene rings is 1. The van der Waals surface area contributed by atoms with Crippen LogP contribution in [0, 0.1) is 0 Å². The van der Waals surface area contributed by atoms with Crippen LogP contribution in [-0.2, 0) is 13.0 Å². The highest BCUT2D eigenvalue weighted by Crippen LogP contribution is 2.30. The summed E-state index contributed by atoms with van der Waals surface area (Å²) in [4.78, 5) is 2.58. The lowest BCUT2D eigenvalue weighted by atomic mass is 9.97. The zero-order valence-corrected chi connectivity index (χ0v) is 12.2. The van der Waals surface area contributed by atoms with Crippen molar-refractivity contribution in [2.24, 2.45) is 0 Å². The highest BCUT2D eigenvalue weighted by molar-refractivity contribution is 5.27.